The van der Waals surface area contributed by atoms with E-state index in [9.17, 15) is 4.79 Å². The molecule has 3 rings (SSSR count). The minimum atomic E-state index is 0.222. The van der Waals surface area contributed by atoms with Crippen molar-refractivity contribution >= 4 is 5.78 Å². The number of rotatable bonds is 7. The molecule has 3 aromatic rings. The summed E-state index contributed by atoms with van der Waals surface area (Å²) in [6.45, 7) is 2.10. The van der Waals surface area contributed by atoms with Crippen LogP contribution in [0.2, 0.25) is 0 Å². The van der Waals surface area contributed by atoms with Crippen LogP contribution in [0.5, 0.6) is 0 Å². The average Bonchev–Trinajstić information content (AvgIpc) is 2.67. The van der Waals surface area contributed by atoms with Crippen molar-refractivity contribution in [1.29, 1.82) is 0 Å². The first-order valence-corrected chi connectivity index (χ1v) is 8.91. The van der Waals surface area contributed by atoms with Crippen molar-refractivity contribution in [2.45, 2.75) is 32.1 Å². The van der Waals surface area contributed by atoms with Crippen LogP contribution >= 0.6 is 0 Å². The minimum Gasteiger partial charge on any atom is -0.294 e. The highest BCUT2D eigenvalue weighted by Gasteiger charge is 2.17. The maximum atomic E-state index is 12.7. The van der Waals surface area contributed by atoms with E-state index >= 15 is 0 Å². The molecule has 0 aliphatic heterocycles. The largest absolute Gasteiger partial charge is 0.294 e. The van der Waals surface area contributed by atoms with Crippen LogP contribution in [0.4, 0.5) is 0 Å². The van der Waals surface area contributed by atoms with E-state index < -0.39 is 0 Å². The van der Waals surface area contributed by atoms with Crippen LogP contribution in [-0.4, -0.2) is 5.78 Å². The van der Waals surface area contributed by atoms with Gasteiger partial charge in [-0.25, -0.2) is 0 Å². The molecule has 0 saturated carbocycles. The zero-order valence-electron chi connectivity index (χ0n) is 14.7. The number of hydrogen-bond acceptors (Lipinski definition) is 1. The molecule has 3 aromatic carbocycles. The highest BCUT2D eigenvalue weighted by Crippen LogP contribution is 2.27. The Morgan fingerprint density at radius 2 is 1.40 bits per heavy atom. The summed E-state index contributed by atoms with van der Waals surface area (Å²) in [5.41, 5.74) is 4.64. The second-order valence-electron chi connectivity index (χ2n) is 6.63. The van der Waals surface area contributed by atoms with Crippen molar-refractivity contribution in [2.24, 2.45) is 0 Å². The molecule has 0 amide bonds. The van der Waals surface area contributed by atoms with Crippen molar-refractivity contribution in [3.8, 4) is 0 Å². The molecule has 0 radical (unpaired) electrons. The van der Waals surface area contributed by atoms with Gasteiger partial charge in [-0.2, -0.15) is 0 Å². The fraction of sp³-hybridized carbons (Fsp3) is 0.208. The van der Waals surface area contributed by atoms with Gasteiger partial charge in [0.05, 0.1) is 0 Å². The summed E-state index contributed by atoms with van der Waals surface area (Å²) >= 11 is 0. The third kappa shape index (κ3) is 4.90. The van der Waals surface area contributed by atoms with Crippen molar-refractivity contribution in [2.75, 3.05) is 0 Å². The number of benzene rings is 3. The molecule has 1 nitrogen and oxygen atoms in total. The van der Waals surface area contributed by atoms with Crippen LogP contribution < -0.4 is 0 Å². The first kappa shape index (κ1) is 17.2. The van der Waals surface area contributed by atoms with Gasteiger partial charge in [0.1, 0.15) is 0 Å². The Morgan fingerprint density at radius 3 is 2.04 bits per heavy atom. The SMILES string of the molecule is Cc1ccc(C(CCc2ccccc2)CC(=O)c2ccccc2)cc1. The number of carbonyl (C=O) groups excluding carboxylic acids is 1. The molecule has 0 saturated heterocycles. The van der Waals surface area contributed by atoms with E-state index in [4.69, 9.17) is 0 Å². The monoisotopic (exact) mass is 328 g/mol. The third-order valence-corrected chi connectivity index (χ3v) is 4.70. The topological polar surface area (TPSA) is 17.1 Å². The molecule has 0 spiro atoms. The van der Waals surface area contributed by atoms with Crippen LogP contribution in [0.25, 0.3) is 0 Å². The summed E-state index contributed by atoms with van der Waals surface area (Å²) in [4.78, 5) is 12.7. The van der Waals surface area contributed by atoms with Gasteiger partial charge in [-0.1, -0.05) is 90.5 Å². The Kier molecular flexibility index (Phi) is 5.79. The first-order valence-electron chi connectivity index (χ1n) is 8.91. The second kappa shape index (κ2) is 8.43. The Balaban J connectivity index is 1.76. The minimum absolute atomic E-state index is 0.222. The molecule has 1 heteroatoms. The number of carbonyl (C=O) groups is 1. The molecule has 25 heavy (non-hydrogen) atoms. The normalized spacial score (nSPS) is 11.9. The first-order chi connectivity index (χ1) is 12.2. The van der Waals surface area contributed by atoms with Gasteiger partial charge >= 0.3 is 0 Å². The lowest BCUT2D eigenvalue weighted by atomic mass is 9.86. The number of hydrogen-bond donors (Lipinski definition) is 0. The van der Waals surface area contributed by atoms with Crippen LogP contribution in [0.15, 0.2) is 84.9 Å². The molecule has 126 valence electrons. The fourth-order valence-corrected chi connectivity index (χ4v) is 3.18. The van der Waals surface area contributed by atoms with E-state index in [0.717, 1.165) is 18.4 Å². The summed E-state index contributed by atoms with van der Waals surface area (Å²) in [5, 5.41) is 0. The van der Waals surface area contributed by atoms with Crippen LogP contribution in [0.1, 0.15) is 45.8 Å². The van der Waals surface area contributed by atoms with Crippen LogP contribution in [-0.2, 0) is 6.42 Å². The lowest BCUT2D eigenvalue weighted by Gasteiger charge is -2.17. The summed E-state index contributed by atoms with van der Waals surface area (Å²) < 4.78 is 0. The Hall–Kier alpha value is -2.67. The van der Waals surface area contributed by atoms with Gasteiger partial charge in [0, 0.05) is 12.0 Å². The molecule has 0 fully saturated rings. The molecule has 0 aliphatic carbocycles. The maximum Gasteiger partial charge on any atom is 0.163 e. The zero-order chi connectivity index (χ0) is 17.5. The predicted molar refractivity (Wildman–Crippen MR) is 104 cm³/mol. The Bertz CT molecular complexity index is 789. The lowest BCUT2D eigenvalue weighted by Crippen LogP contribution is -2.09. The predicted octanol–water partition coefficient (Wildman–Crippen LogP) is 5.98. The smallest absolute Gasteiger partial charge is 0.163 e. The van der Waals surface area contributed by atoms with Crippen molar-refractivity contribution < 1.29 is 4.79 Å². The summed E-state index contributed by atoms with van der Waals surface area (Å²) in [7, 11) is 0. The molecule has 1 unspecified atom stereocenters. The zero-order valence-corrected chi connectivity index (χ0v) is 14.7. The Labute approximate surface area is 150 Å². The van der Waals surface area contributed by atoms with Crippen molar-refractivity contribution in [3.05, 3.63) is 107 Å². The van der Waals surface area contributed by atoms with Crippen LogP contribution in [0.3, 0.4) is 0 Å². The molecule has 0 N–H and O–H groups in total. The number of aryl methyl sites for hydroxylation is 2. The molecule has 0 aliphatic rings. The van der Waals surface area contributed by atoms with Gasteiger partial charge in [-0.3, -0.25) is 4.79 Å². The van der Waals surface area contributed by atoms with E-state index in [-0.39, 0.29) is 11.7 Å². The van der Waals surface area contributed by atoms with E-state index in [1.165, 1.54) is 16.7 Å². The fourth-order valence-electron chi connectivity index (χ4n) is 3.18. The average molecular weight is 328 g/mol. The summed E-state index contributed by atoms with van der Waals surface area (Å²) in [6, 6.07) is 28.7. The van der Waals surface area contributed by atoms with Gasteiger partial charge in [0.2, 0.25) is 0 Å². The highest BCUT2D eigenvalue weighted by atomic mass is 16.1. The van der Waals surface area contributed by atoms with Crippen molar-refractivity contribution in [1.82, 2.24) is 0 Å². The van der Waals surface area contributed by atoms with Crippen LogP contribution in [0, 0.1) is 6.92 Å². The third-order valence-electron chi connectivity index (χ3n) is 4.70. The standard InChI is InChI=1S/C24H24O/c1-19-12-15-21(16-13-19)23(17-14-20-8-4-2-5-9-20)18-24(25)22-10-6-3-7-11-22/h2-13,15-16,23H,14,17-18H2,1H3. The Morgan fingerprint density at radius 1 is 0.800 bits per heavy atom. The second-order valence-corrected chi connectivity index (χ2v) is 6.63. The summed E-state index contributed by atoms with van der Waals surface area (Å²) in [5.74, 6) is 0.466. The molecule has 1 atom stereocenters. The quantitative estimate of drug-likeness (QED) is 0.487. The van der Waals surface area contributed by atoms with E-state index in [1.54, 1.807) is 0 Å². The van der Waals surface area contributed by atoms with Gasteiger partial charge < -0.3 is 0 Å². The number of ketones is 1. The van der Waals surface area contributed by atoms with Crippen molar-refractivity contribution in [3.63, 3.8) is 0 Å². The number of Topliss-reactive ketones (excluding diaryl/α,β-unsaturated/α-hetero) is 1. The van der Waals surface area contributed by atoms with Gasteiger partial charge in [0.15, 0.2) is 5.78 Å². The highest BCUT2D eigenvalue weighted by molar-refractivity contribution is 5.96. The molecule has 0 bridgehead atoms. The van der Waals surface area contributed by atoms with E-state index in [0.29, 0.717) is 6.42 Å². The lowest BCUT2D eigenvalue weighted by molar-refractivity contribution is 0.0972. The van der Waals surface area contributed by atoms with Gasteiger partial charge in [-0.05, 0) is 36.8 Å². The summed E-state index contributed by atoms with van der Waals surface area (Å²) in [6.07, 6.45) is 2.52. The molecular formula is C24H24O. The van der Waals surface area contributed by atoms with Gasteiger partial charge in [-0.15, -0.1) is 0 Å². The van der Waals surface area contributed by atoms with E-state index in [1.807, 2.05) is 36.4 Å². The maximum absolute atomic E-state index is 12.7. The molecule has 0 heterocycles. The molecular weight excluding hydrogens is 304 g/mol. The van der Waals surface area contributed by atoms with E-state index in [2.05, 4.69) is 55.5 Å². The molecule has 0 aromatic heterocycles. The van der Waals surface area contributed by atoms with Gasteiger partial charge in [0.25, 0.3) is 0 Å².